The lowest BCUT2D eigenvalue weighted by Gasteiger charge is -2.06. The first-order valence-electron chi connectivity index (χ1n) is 5.94. The van der Waals surface area contributed by atoms with Crippen LogP contribution in [0.1, 0.15) is 48.2 Å². The second-order valence-electron chi connectivity index (χ2n) is 4.29. The fraction of sp³-hybridized carbons (Fsp3) is 0.429. The molecule has 0 atom stereocenters. The molecular formula is C14H17NO. The highest BCUT2D eigenvalue weighted by Crippen LogP contribution is 2.21. The predicted octanol–water partition coefficient (Wildman–Crippen LogP) is 3.46. The van der Waals surface area contributed by atoms with E-state index in [1.807, 2.05) is 19.1 Å². The third-order valence-corrected chi connectivity index (χ3v) is 3.08. The van der Waals surface area contributed by atoms with Gasteiger partial charge in [-0.3, -0.25) is 9.78 Å². The Kier molecular flexibility index (Phi) is 3.50. The summed E-state index contributed by atoms with van der Waals surface area (Å²) in [6.45, 7) is 1.89. The molecule has 2 nitrogen and oxygen atoms in total. The first-order chi connectivity index (χ1) is 7.79. The molecule has 1 aliphatic carbocycles. The number of ketones is 1. The highest BCUT2D eigenvalue weighted by molar-refractivity contribution is 6.09. The summed E-state index contributed by atoms with van der Waals surface area (Å²) in [6.07, 6.45) is 9.39. The summed E-state index contributed by atoms with van der Waals surface area (Å²) in [5.74, 6) is 0.174. The summed E-state index contributed by atoms with van der Waals surface area (Å²) in [7, 11) is 0. The molecule has 16 heavy (non-hydrogen) atoms. The normalized spacial score (nSPS) is 16.4. The zero-order valence-electron chi connectivity index (χ0n) is 9.70. The van der Waals surface area contributed by atoms with Crippen molar-refractivity contribution in [1.29, 1.82) is 0 Å². The van der Waals surface area contributed by atoms with Gasteiger partial charge in [0.1, 0.15) is 0 Å². The van der Waals surface area contributed by atoms with E-state index in [4.69, 9.17) is 0 Å². The van der Waals surface area contributed by atoms with Gasteiger partial charge in [0.05, 0.1) is 0 Å². The predicted molar refractivity (Wildman–Crippen MR) is 64.5 cm³/mol. The maximum atomic E-state index is 12.3. The van der Waals surface area contributed by atoms with Gasteiger partial charge < -0.3 is 0 Å². The molecule has 0 bridgehead atoms. The number of aryl methyl sites for hydroxylation is 1. The molecule has 0 saturated carbocycles. The van der Waals surface area contributed by atoms with Crippen molar-refractivity contribution in [1.82, 2.24) is 4.98 Å². The fourth-order valence-corrected chi connectivity index (χ4v) is 2.12. The number of pyridine rings is 1. The summed E-state index contributed by atoms with van der Waals surface area (Å²) >= 11 is 0. The molecule has 0 unspecified atom stereocenters. The van der Waals surface area contributed by atoms with Crippen molar-refractivity contribution in [2.24, 2.45) is 0 Å². The van der Waals surface area contributed by atoms with Crippen LogP contribution in [0.5, 0.6) is 0 Å². The van der Waals surface area contributed by atoms with Crippen LogP contribution >= 0.6 is 0 Å². The molecule has 1 aliphatic rings. The van der Waals surface area contributed by atoms with Crippen molar-refractivity contribution < 1.29 is 4.79 Å². The molecule has 1 heterocycles. The second-order valence-corrected chi connectivity index (χ2v) is 4.29. The van der Waals surface area contributed by atoms with Crippen molar-refractivity contribution in [3.8, 4) is 0 Å². The van der Waals surface area contributed by atoms with Crippen LogP contribution in [0.25, 0.3) is 0 Å². The molecule has 0 spiro atoms. The van der Waals surface area contributed by atoms with Crippen molar-refractivity contribution in [2.45, 2.75) is 39.0 Å². The fourth-order valence-electron chi connectivity index (χ4n) is 2.12. The lowest BCUT2D eigenvalue weighted by atomic mass is 9.99. The third kappa shape index (κ3) is 2.38. The van der Waals surface area contributed by atoms with E-state index in [1.165, 1.54) is 12.8 Å². The number of hydrogen-bond acceptors (Lipinski definition) is 2. The van der Waals surface area contributed by atoms with Crippen LogP contribution in [0.15, 0.2) is 30.0 Å². The van der Waals surface area contributed by atoms with E-state index >= 15 is 0 Å². The van der Waals surface area contributed by atoms with Crippen LogP contribution in [0.4, 0.5) is 0 Å². The Morgan fingerprint density at radius 3 is 3.00 bits per heavy atom. The Hall–Kier alpha value is -1.44. The molecule has 0 N–H and O–H groups in total. The third-order valence-electron chi connectivity index (χ3n) is 3.08. The van der Waals surface area contributed by atoms with Gasteiger partial charge in [-0.05, 0) is 50.3 Å². The number of allylic oxidation sites excluding steroid dienone is 2. The van der Waals surface area contributed by atoms with Crippen molar-refractivity contribution in [3.63, 3.8) is 0 Å². The van der Waals surface area contributed by atoms with E-state index in [-0.39, 0.29) is 5.78 Å². The van der Waals surface area contributed by atoms with Crippen LogP contribution in [0, 0.1) is 6.92 Å². The Morgan fingerprint density at radius 1 is 1.31 bits per heavy atom. The van der Waals surface area contributed by atoms with E-state index in [2.05, 4.69) is 11.1 Å². The number of Topliss-reactive ketones (excluding diaryl/α,β-unsaturated/α-hetero) is 1. The molecule has 0 saturated heterocycles. The average molecular weight is 215 g/mol. The molecule has 0 aromatic carbocycles. The summed E-state index contributed by atoms with van der Waals surface area (Å²) < 4.78 is 0. The van der Waals surface area contributed by atoms with E-state index in [1.54, 1.807) is 6.20 Å². The quantitative estimate of drug-likeness (QED) is 0.707. The van der Waals surface area contributed by atoms with Crippen LogP contribution < -0.4 is 0 Å². The van der Waals surface area contributed by atoms with Crippen LogP contribution in [0.2, 0.25) is 0 Å². The van der Waals surface area contributed by atoms with E-state index in [9.17, 15) is 4.79 Å². The summed E-state index contributed by atoms with van der Waals surface area (Å²) in [5.41, 5.74) is 2.57. The van der Waals surface area contributed by atoms with Crippen molar-refractivity contribution in [3.05, 3.63) is 41.2 Å². The molecule has 1 aromatic heterocycles. The van der Waals surface area contributed by atoms with Gasteiger partial charge in [0, 0.05) is 17.5 Å². The molecule has 2 heteroatoms. The van der Waals surface area contributed by atoms with Crippen molar-refractivity contribution >= 4 is 5.78 Å². The Labute approximate surface area is 96.4 Å². The minimum atomic E-state index is 0.174. The summed E-state index contributed by atoms with van der Waals surface area (Å²) in [4.78, 5) is 16.4. The van der Waals surface area contributed by atoms with Crippen LogP contribution in [0.3, 0.4) is 0 Å². The zero-order valence-corrected chi connectivity index (χ0v) is 9.70. The molecule has 0 fully saturated rings. The molecule has 1 aromatic rings. The van der Waals surface area contributed by atoms with Gasteiger partial charge in [-0.1, -0.05) is 12.5 Å². The van der Waals surface area contributed by atoms with Gasteiger partial charge in [0.15, 0.2) is 5.78 Å². The van der Waals surface area contributed by atoms with Crippen LogP contribution in [-0.2, 0) is 0 Å². The first kappa shape index (κ1) is 11.1. The smallest absolute Gasteiger partial charge is 0.190 e. The maximum Gasteiger partial charge on any atom is 0.190 e. The first-order valence-corrected chi connectivity index (χ1v) is 5.94. The van der Waals surface area contributed by atoms with Gasteiger partial charge in [0.2, 0.25) is 0 Å². The number of nitrogens with zero attached hydrogens (tertiary/aromatic N) is 1. The second kappa shape index (κ2) is 5.06. The van der Waals surface area contributed by atoms with Gasteiger partial charge in [-0.2, -0.15) is 0 Å². The Morgan fingerprint density at radius 2 is 2.19 bits per heavy atom. The van der Waals surface area contributed by atoms with E-state index < -0.39 is 0 Å². The number of rotatable bonds is 2. The van der Waals surface area contributed by atoms with Gasteiger partial charge in [-0.25, -0.2) is 0 Å². The largest absolute Gasteiger partial charge is 0.289 e. The monoisotopic (exact) mass is 215 g/mol. The molecule has 0 radical (unpaired) electrons. The molecule has 2 rings (SSSR count). The number of carbonyl (C=O) groups is 1. The van der Waals surface area contributed by atoms with Crippen LogP contribution in [-0.4, -0.2) is 10.8 Å². The summed E-state index contributed by atoms with van der Waals surface area (Å²) in [5, 5.41) is 0. The molecule has 84 valence electrons. The Balaban J connectivity index is 2.24. The van der Waals surface area contributed by atoms with E-state index in [0.717, 1.165) is 36.1 Å². The van der Waals surface area contributed by atoms with Crippen molar-refractivity contribution in [2.75, 3.05) is 0 Å². The number of aromatic nitrogens is 1. The molecule has 0 amide bonds. The van der Waals surface area contributed by atoms with Gasteiger partial charge >= 0.3 is 0 Å². The molecular weight excluding hydrogens is 198 g/mol. The number of hydrogen-bond donors (Lipinski definition) is 0. The molecule has 0 aliphatic heterocycles. The topological polar surface area (TPSA) is 30.0 Å². The lowest BCUT2D eigenvalue weighted by Crippen LogP contribution is -2.06. The van der Waals surface area contributed by atoms with E-state index in [0.29, 0.717) is 0 Å². The summed E-state index contributed by atoms with van der Waals surface area (Å²) in [6, 6.07) is 3.70. The maximum absolute atomic E-state index is 12.3. The minimum Gasteiger partial charge on any atom is -0.289 e. The SMILES string of the molecule is Cc1ncccc1C(=O)C1=CCCCCC1. The lowest BCUT2D eigenvalue weighted by molar-refractivity contribution is 0.102. The average Bonchev–Trinajstić information content (AvgIpc) is 2.57. The standard InChI is InChI=1S/C14H17NO/c1-11-13(9-6-10-15-11)14(16)12-7-4-2-3-5-8-12/h6-7,9-10H,2-5,8H2,1H3. The van der Waals surface area contributed by atoms with Gasteiger partial charge in [0.25, 0.3) is 0 Å². The minimum absolute atomic E-state index is 0.174. The van der Waals surface area contributed by atoms with Gasteiger partial charge in [-0.15, -0.1) is 0 Å². The highest BCUT2D eigenvalue weighted by Gasteiger charge is 2.15. The Bertz CT molecular complexity index is 420. The zero-order chi connectivity index (χ0) is 11.4. The highest BCUT2D eigenvalue weighted by atomic mass is 16.1. The number of carbonyl (C=O) groups excluding carboxylic acids is 1.